The second-order valence-corrected chi connectivity index (χ2v) is 6.41. The molecule has 0 radical (unpaired) electrons. The average Bonchev–Trinajstić information content (AvgIpc) is 3.09. The van der Waals surface area contributed by atoms with Gasteiger partial charge in [-0.05, 0) is 23.8 Å². The molecule has 1 amide bonds. The third kappa shape index (κ3) is 4.39. The Morgan fingerprint density at radius 1 is 1.45 bits per heavy atom. The van der Waals surface area contributed by atoms with Gasteiger partial charge in [-0.3, -0.25) is 4.79 Å². The van der Waals surface area contributed by atoms with Crippen LogP contribution in [0, 0.1) is 5.92 Å². The smallest absolute Gasteiger partial charge is 0.326 e. The van der Waals surface area contributed by atoms with Gasteiger partial charge in [-0.25, -0.2) is 9.48 Å². The molecule has 0 saturated carbocycles. The lowest BCUT2D eigenvalue weighted by molar-refractivity contribution is -0.139. The van der Waals surface area contributed by atoms with Crippen molar-refractivity contribution in [3.63, 3.8) is 0 Å². The van der Waals surface area contributed by atoms with Crippen LogP contribution in [-0.2, 0) is 11.3 Å². The maximum absolute atomic E-state index is 12.1. The van der Waals surface area contributed by atoms with Crippen LogP contribution in [-0.4, -0.2) is 38.0 Å². The topological polar surface area (TPSA) is 97.1 Å². The molecule has 2 N–H and O–H groups in total. The highest BCUT2D eigenvalue weighted by Crippen LogP contribution is 2.10. The van der Waals surface area contributed by atoms with Crippen LogP contribution in [0.4, 0.5) is 0 Å². The number of aromatic nitrogens is 3. The van der Waals surface area contributed by atoms with Gasteiger partial charge in [0.2, 0.25) is 0 Å². The summed E-state index contributed by atoms with van der Waals surface area (Å²) in [5.74, 6) is -1.41. The van der Waals surface area contributed by atoms with Gasteiger partial charge in [0.15, 0.2) is 5.69 Å². The van der Waals surface area contributed by atoms with E-state index in [0.29, 0.717) is 13.0 Å². The second kappa shape index (κ2) is 7.17. The van der Waals surface area contributed by atoms with Crippen LogP contribution in [0.15, 0.2) is 23.7 Å². The molecule has 8 heteroatoms. The SMILES string of the molecule is CC(C)C[C@H](NC(=O)c1cn(Cc2cccs2)nn1)C(=O)O. The van der Waals surface area contributed by atoms with Crippen molar-refractivity contribution < 1.29 is 14.7 Å². The van der Waals surface area contributed by atoms with E-state index in [-0.39, 0.29) is 11.6 Å². The molecule has 22 heavy (non-hydrogen) atoms. The van der Waals surface area contributed by atoms with E-state index in [4.69, 9.17) is 5.11 Å². The molecule has 0 aliphatic rings. The maximum atomic E-state index is 12.1. The van der Waals surface area contributed by atoms with Gasteiger partial charge in [-0.1, -0.05) is 25.1 Å². The van der Waals surface area contributed by atoms with Crippen LogP contribution in [0.2, 0.25) is 0 Å². The van der Waals surface area contributed by atoms with E-state index < -0.39 is 17.9 Å². The number of hydrogen-bond acceptors (Lipinski definition) is 5. The first-order valence-corrected chi connectivity index (χ1v) is 7.80. The Morgan fingerprint density at radius 2 is 2.23 bits per heavy atom. The highest BCUT2D eigenvalue weighted by atomic mass is 32.1. The summed E-state index contributed by atoms with van der Waals surface area (Å²) in [5, 5.41) is 21.3. The summed E-state index contributed by atoms with van der Waals surface area (Å²) in [6.07, 6.45) is 1.88. The molecule has 1 atom stereocenters. The molecule has 0 aliphatic carbocycles. The largest absolute Gasteiger partial charge is 0.480 e. The predicted molar refractivity (Wildman–Crippen MR) is 81.8 cm³/mol. The van der Waals surface area contributed by atoms with E-state index in [1.807, 2.05) is 31.4 Å². The Bertz CT molecular complexity index is 636. The Balaban J connectivity index is 2.00. The lowest BCUT2D eigenvalue weighted by Crippen LogP contribution is -2.41. The number of rotatable bonds is 7. The summed E-state index contributed by atoms with van der Waals surface area (Å²) >= 11 is 1.59. The number of carboxylic acids is 1. The zero-order chi connectivity index (χ0) is 16.1. The lowest BCUT2D eigenvalue weighted by Gasteiger charge is -2.15. The van der Waals surface area contributed by atoms with Gasteiger partial charge in [0, 0.05) is 4.88 Å². The van der Waals surface area contributed by atoms with Crippen LogP contribution in [0.3, 0.4) is 0 Å². The van der Waals surface area contributed by atoms with Gasteiger partial charge in [0.05, 0.1) is 12.7 Å². The molecule has 2 aromatic rings. The van der Waals surface area contributed by atoms with E-state index in [0.717, 1.165) is 4.88 Å². The van der Waals surface area contributed by atoms with Crippen molar-refractivity contribution in [1.29, 1.82) is 0 Å². The van der Waals surface area contributed by atoms with Crippen LogP contribution < -0.4 is 5.32 Å². The summed E-state index contributed by atoms with van der Waals surface area (Å²) in [7, 11) is 0. The van der Waals surface area contributed by atoms with E-state index in [2.05, 4.69) is 15.6 Å². The first kappa shape index (κ1) is 16.2. The van der Waals surface area contributed by atoms with Gasteiger partial charge in [0.1, 0.15) is 6.04 Å². The minimum absolute atomic E-state index is 0.117. The minimum atomic E-state index is -1.05. The fraction of sp³-hybridized carbons (Fsp3) is 0.429. The quantitative estimate of drug-likeness (QED) is 0.807. The molecule has 2 heterocycles. The number of amides is 1. The minimum Gasteiger partial charge on any atom is -0.480 e. The number of nitrogens with zero attached hydrogens (tertiary/aromatic N) is 3. The van der Waals surface area contributed by atoms with Crippen molar-refractivity contribution in [1.82, 2.24) is 20.3 Å². The number of carbonyl (C=O) groups is 2. The molecule has 0 bridgehead atoms. The molecule has 2 aromatic heterocycles. The highest BCUT2D eigenvalue weighted by Gasteiger charge is 2.23. The van der Waals surface area contributed by atoms with Crippen LogP contribution >= 0.6 is 11.3 Å². The zero-order valence-electron chi connectivity index (χ0n) is 12.4. The summed E-state index contributed by atoms with van der Waals surface area (Å²) in [6, 6.07) is 2.98. The van der Waals surface area contributed by atoms with E-state index >= 15 is 0 Å². The fourth-order valence-electron chi connectivity index (χ4n) is 1.97. The molecule has 0 aliphatic heterocycles. The molecular formula is C14H18N4O3S. The molecular weight excluding hydrogens is 304 g/mol. The van der Waals surface area contributed by atoms with Crippen LogP contribution in [0.5, 0.6) is 0 Å². The van der Waals surface area contributed by atoms with Crippen molar-refractivity contribution in [2.24, 2.45) is 5.92 Å². The number of thiophene rings is 1. The van der Waals surface area contributed by atoms with Gasteiger partial charge >= 0.3 is 5.97 Å². The summed E-state index contributed by atoms with van der Waals surface area (Å²) in [4.78, 5) is 24.3. The fourth-order valence-corrected chi connectivity index (χ4v) is 2.66. The number of aliphatic carboxylic acids is 1. The van der Waals surface area contributed by atoms with Gasteiger partial charge in [0.25, 0.3) is 5.91 Å². The van der Waals surface area contributed by atoms with E-state index in [9.17, 15) is 9.59 Å². The summed E-state index contributed by atoms with van der Waals surface area (Å²) in [5.41, 5.74) is 0.117. The first-order chi connectivity index (χ1) is 10.5. The Kier molecular flexibility index (Phi) is 5.26. The Morgan fingerprint density at radius 3 is 2.82 bits per heavy atom. The monoisotopic (exact) mass is 322 g/mol. The number of carboxylic acid groups (broad SMARTS) is 1. The second-order valence-electron chi connectivity index (χ2n) is 5.37. The predicted octanol–water partition coefficient (Wildman–Crippen LogP) is 1.62. The summed E-state index contributed by atoms with van der Waals surface area (Å²) in [6.45, 7) is 4.34. The van der Waals surface area contributed by atoms with Crippen LogP contribution in [0.1, 0.15) is 35.6 Å². The molecule has 0 fully saturated rings. The average molecular weight is 322 g/mol. The lowest BCUT2D eigenvalue weighted by atomic mass is 10.0. The third-order valence-electron chi connectivity index (χ3n) is 2.98. The zero-order valence-corrected chi connectivity index (χ0v) is 13.2. The highest BCUT2D eigenvalue weighted by molar-refractivity contribution is 7.09. The van der Waals surface area contributed by atoms with E-state index in [1.165, 1.54) is 6.20 Å². The number of carbonyl (C=O) groups excluding carboxylic acids is 1. The van der Waals surface area contributed by atoms with Crippen molar-refractivity contribution in [3.05, 3.63) is 34.3 Å². The molecule has 2 rings (SSSR count). The standard InChI is InChI=1S/C14H18N4O3S/c1-9(2)6-11(14(20)21)15-13(19)12-8-18(17-16-12)7-10-4-3-5-22-10/h3-5,8-9,11H,6-7H2,1-2H3,(H,15,19)(H,20,21)/t11-/m0/s1. The number of hydrogen-bond donors (Lipinski definition) is 2. The molecule has 0 spiro atoms. The van der Waals surface area contributed by atoms with Crippen molar-refractivity contribution in [2.45, 2.75) is 32.9 Å². The van der Waals surface area contributed by atoms with Crippen LogP contribution in [0.25, 0.3) is 0 Å². The van der Waals surface area contributed by atoms with Gasteiger partial charge in [-0.2, -0.15) is 0 Å². The van der Waals surface area contributed by atoms with Crippen molar-refractivity contribution in [3.8, 4) is 0 Å². The Labute approximate surface area is 132 Å². The van der Waals surface area contributed by atoms with Crippen molar-refractivity contribution in [2.75, 3.05) is 0 Å². The Hall–Kier alpha value is -2.22. The van der Waals surface area contributed by atoms with Crippen molar-refractivity contribution >= 4 is 23.2 Å². The maximum Gasteiger partial charge on any atom is 0.326 e. The van der Waals surface area contributed by atoms with E-state index in [1.54, 1.807) is 16.0 Å². The first-order valence-electron chi connectivity index (χ1n) is 6.92. The molecule has 7 nitrogen and oxygen atoms in total. The molecule has 0 unspecified atom stereocenters. The number of nitrogens with one attached hydrogen (secondary N) is 1. The normalized spacial score (nSPS) is 12.3. The molecule has 0 saturated heterocycles. The van der Waals surface area contributed by atoms with Gasteiger partial charge in [-0.15, -0.1) is 16.4 Å². The summed E-state index contributed by atoms with van der Waals surface area (Å²) < 4.78 is 1.55. The molecule has 118 valence electrons. The molecule has 0 aromatic carbocycles. The third-order valence-corrected chi connectivity index (χ3v) is 3.84. The van der Waals surface area contributed by atoms with Gasteiger partial charge < -0.3 is 10.4 Å².